The summed E-state index contributed by atoms with van der Waals surface area (Å²) in [7, 11) is 1.31. The number of methoxy groups -OCH3 is 1. The zero-order valence-electron chi connectivity index (χ0n) is 12.8. The van der Waals surface area contributed by atoms with Crippen LogP contribution in [0.1, 0.15) is 39.6 Å². The van der Waals surface area contributed by atoms with E-state index >= 15 is 0 Å². The first-order valence-corrected chi connectivity index (χ1v) is 7.22. The lowest BCUT2D eigenvalue weighted by Crippen LogP contribution is -2.13. The van der Waals surface area contributed by atoms with Gasteiger partial charge in [-0.3, -0.25) is 4.79 Å². The molecule has 0 spiro atoms. The molecule has 0 aromatic heterocycles. The monoisotopic (exact) mass is 297 g/mol. The van der Waals surface area contributed by atoms with E-state index in [1.54, 1.807) is 18.2 Å². The van der Waals surface area contributed by atoms with Crippen molar-refractivity contribution in [2.45, 2.75) is 19.8 Å². The Morgan fingerprint density at radius 1 is 1.05 bits per heavy atom. The van der Waals surface area contributed by atoms with Crippen molar-refractivity contribution in [3.63, 3.8) is 0 Å². The topological polar surface area (TPSA) is 55.4 Å². The summed E-state index contributed by atoms with van der Waals surface area (Å²) in [5.41, 5.74) is 2.75. The molecule has 1 N–H and O–H groups in total. The number of nitrogens with one attached hydrogen (secondary N) is 1. The van der Waals surface area contributed by atoms with E-state index < -0.39 is 5.97 Å². The lowest BCUT2D eigenvalue weighted by atomic mass is 10.1. The van der Waals surface area contributed by atoms with Gasteiger partial charge in [0.2, 0.25) is 0 Å². The van der Waals surface area contributed by atoms with E-state index in [9.17, 15) is 9.59 Å². The van der Waals surface area contributed by atoms with Gasteiger partial charge in [-0.15, -0.1) is 0 Å². The van der Waals surface area contributed by atoms with Gasteiger partial charge in [0.15, 0.2) is 0 Å². The molecule has 0 fully saturated rings. The van der Waals surface area contributed by atoms with Crippen LogP contribution in [-0.2, 0) is 11.2 Å². The first-order valence-electron chi connectivity index (χ1n) is 7.22. The van der Waals surface area contributed by atoms with E-state index in [1.807, 2.05) is 24.3 Å². The van der Waals surface area contributed by atoms with Gasteiger partial charge >= 0.3 is 5.97 Å². The number of carbonyl (C=O) groups is 2. The molecule has 22 heavy (non-hydrogen) atoms. The summed E-state index contributed by atoms with van der Waals surface area (Å²) >= 11 is 0. The van der Waals surface area contributed by atoms with Crippen molar-refractivity contribution in [2.24, 2.45) is 0 Å². The largest absolute Gasteiger partial charge is 0.465 e. The van der Waals surface area contributed by atoms with Crippen molar-refractivity contribution in [1.82, 2.24) is 0 Å². The van der Waals surface area contributed by atoms with E-state index in [4.69, 9.17) is 0 Å². The molecule has 0 aliphatic heterocycles. The summed E-state index contributed by atoms with van der Waals surface area (Å²) in [5.74, 6) is -0.715. The summed E-state index contributed by atoms with van der Waals surface area (Å²) in [6.07, 6.45) is 2.11. The SMILES string of the molecule is CCCc1ccc(NC(=O)c2cccc(C(=O)OC)c2)cc1. The van der Waals surface area contributed by atoms with Crippen LogP contribution in [0.2, 0.25) is 0 Å². The van der Waals surface area contributed by atoms with Gasteiger partial charge in [-0.25, -0.2) is 4.79 Å². The van der Waals surface area contributed by atoms with Crippen molar-refractivity contribution in [2.75, 3.05) is 12.4 Å². The lowest BCUT2D eigenvalue weighted by Gasteiger charge is -2.07. The van der Waals surface area contributed by atoms with E-state index in [1.165, 1.54) is 18.7 Å². The summed E-state index contributed by atoms with van der Waals surface area (Å²) in [5, 5.41) is 2.82. The van der Waals surface area contributed by atoms with E-state index in [0.717, 1.165) is 18.5 Å². The fourth-order valence-corrected chi connectivity index (χ4v) is 2.15. The molecule has 0 saturated carbocycles. The number of rotatable bonds is 5. The van der Waals surface area contributed by atoms with Gasteiger partial charge in [0.25, 0.3) is 5.91 Å². The Kier molecular flexibility index (Phi) is 5.31. The minimum atomic E-state index is -0.460. The molecule has 2 aromatic rings. The van der Waals surface area contributed by atoms with Crippen LogP contribution in [0.5, 0.6) is 0 Å². The summed E-state index contributed by atoms with van der Waals surface area (Å²) < 4.78 is 4.65. The zero-order chi connectivity index (χ0) is 15.9. The molecule has 0 aliphatic rings. The smallest absolute Gasteiger partial charge is 0.337 e. The average molecular weight is 297 g/mol. The second kappa shape index (κ2) is 7.41. The van der Waals surface area contributed by atoms with Crippen molar-refractivity contribution < 1.29 is 14.3 Å². The maximum atomic E-state index is 12.2. The molecule has 0 bridgehead atoms. The molecule has 4 heteroatoms. The van der Waals surface area contributed by atoms with Crippen molar-refractivity contribution >= 4 is 17.6 Å². The minimum absolute atomic E-state index is 0.256. The molecule has 0 aliphatic carbocycles. The molecule has 2 aromatic carbocycles. The van der Waals surface area contributed by atoms with Gasteiger partial charge in [0.05, 0.1) is 12.7 Å². The Balaban J connectivity index is 2.10. The van der Waals surface area contributed by atoms with Gasteiger partial charge in [0, 0.05) is 11.3 Å². The minimum Gasteiger partial charge on any atom is -0.465 e. The van der Waals surface area contributed by atoms with Gasteiger partial charge in [0.1, 0.15) is 0 Å². The molecule has 114 valence electrons. The zero-order valence-corrected chi connectivity index (χ0v) is 12.8. The molecule has 1 amide bonds. The number of carbonyl (C=O) groups excluding carboxylic acids is 2. The Labute approximate surface area is 130 Å². The number of hydrogen-bond acceptors (Lipinski definition) is 3. The first-order chi connectivity index (χ1) is 10.6. The van der Waals surface area contributed by atoms with Crippen LogP contribution in [0.25, 0.3) is 0 Å². The quantitative estimate of drug-likeness (QED) is 0.857. The summed E-state index contributed by atoms with van der Waals surface area (Å²) in [6.45, 7) is 2.13. The van der Waals surface area contributed by atoms with Crippen molar-refractivity contribution in [3.8, 4) is 0 Å². The number of ether oxygens (including phenoxy) is 1. The average Bonchev–Trinajstić information content (AvgIpc) is 2.56. The van der Waals surface area contributed by atoms with E-state index in [2.05, 4.69) is 17.0 Å². The summed E-state index contributed by atoms with van der Waals surface area (Å²) in [4.78, 5) is 23.7. The maximum absolute atomic E-state index is 12.2. The highest BCUT2D eigenvalue weighted by Gasteiger charge is 2.10. The third kappa shape index (κ3) is 3.95. The van der Waals surface area contributed by atoms with Gasteiger partial charge < -0.3 is 10.1 Å². The van der Waals surface area contributed by atoms with Crippen LogP contribution in [0.3, 0.4) is 0 Å². The molecule has 4 nitrogen and oxygen atoms in total. The van der Waals surface area contributed by atoms with E-state index in [-0.39, 0.29) is 5.91 Å². The molecule has 0 saturated heterocycles. The Hall–Kier alpha value is -2.62. The second-order valence-corrected chi connectivity index (χ2v) is 4.97. The van der Waals surface area contributed by atoms with Crippen LogP contribution in [-0.4, -0.2) is 19.0 Å². The van der Waals surface area contributed by atoms with Crippen molar-refractivity contribution in [3.05, 3.63) is 65.2 Å². The van der Waals surface area contributed by atoms with Gasteiger partial charge in [-0.05, 0) is 42.3 Å². The fraction of sp³-hybridized carbons (Fsp3) is 0.222. The molecule has 0 radical (unpaired) electrons. The standard InChI is InChI=1S/C18H19NO3/c1-3-5-13-8-10-16(11-9-13)19-17(20)14-6-4-7-15(12-14)18(21)22-2/h4,6-12H,3,5H2,1-2H3,(H,19,20). The van der Waals surface area contributed by atoms with Crippen LogP contribution < -0.4 is 5.32 Å². The van der Waals surface area contributed by atoms with Gasteiger partial charge in [-0.1, -0.05) is 31.5 Å². The van der Waals surface area contributed by atoms with Crippen LogP contribution >= 0.6 is 0 Å². The predicted octanol–water partition coefficient (Wildman–Crippen LogP) is 3.68. The van der Waals surface area contributed by atoms with Gasteiger partial charge in [-0.2, -0.15) is 0 Å². The predicted molar refractivity (Wildman–Crippen MR) is 86.2 cm³/mol. The number of esters is 1. The molecular formula is C18H19NO3. The molecule has 2 rings (SSSR count). The molecule has 0 atom stereocenters. The Bertz CT molecular complexity index is 662. The number of hydrogen-bond donors (Lipinski definition) is 1. The van der Waals surface area contributed by atoms with Crippen LogP contribution in [0, 0.1) is 0 Å². The number of benzene rings is 2. The highest BCUT2D eigenvalue weighted by molar-refractivity contribution is 6.05. The highest BCUT2D eigenvalue weighted by Crippen LogP contribution is 2.13. The fourth-order valence-electron chi connectivity index (χ4n) is 2.15. The number of anilines is 1. The molecule has 0 heterocycles. The molecular weight excluding hydrogens is 278 g/mol. The third-order valence-electron chi connectivity index (χ3n) is 3.30. The maximum Gasteiger partial charge on any atom is 0.337 e. The molecule has 0 unspecified atom stereocenters. The lowest BCUT2D eigenvalue weighted by molar-refractivity contribution is 0.0600. The Morgan fingerprint density at radius 3 is 2.36 bits per heavy atom. The van der Waals surface area contributed by atoms with Crippen molar-refractivity contribution in [1.29, 1.82) is 0 Å². The first kappa shape index (κ1) is 15.8. The third-order valence-corrected chi connectivity index (χ3v) is 3.30. The van der Waals surface area contributed by atoms with Crippen LogP contribution in [0.4, 0.5) is 5.69 Å². The Morgan fingerprint density at radius 2 is 1.73 bits per heavy atom. The highest BCUT2D eigenvalue weighted by atomic mass is 16.5. The normalized spacial score (nSPS) is 10.1. The van der Waals surface area contributed by atoms with Crippen LogP contribution in [0.15, 0.2) is 48.5 Å². The second-order valence-electron chi connectivity index (χ2n) is 4.97. The number of aryl methyl sites for hydroxylation is 1. The number of amides is 1. The van der Waals surface area contributed by atoms with E-state index in [0.29, 0.717) is 11.1 Å². The summed E-state index contributed by atoms with van der Waals surface area (Å²) in [6, 6.07) is 14.2.